The van der Waals surface area contributed by atoms with Crippen LogP contribution in [0, 0.1) is 13.8 Å². The molecule has 2 aromatic carbocycles. The average molecular weight is 403 g/mol. The predicted molar refractivity (Wildman–Crippen MR) is 108 cm³/mol. The number of nitrogens with zero attached hydrogens (tertiary/aromatic N) is 2. The van der Waals surface area contributed by atoms with Crippen LogP contribution in [-0.2, 0) is 11.3 Å². The Hall–Kier alpha value is -2.30. The first-order valence-electron chi connectivity index (χ1n) is 8.59. The van der Waals surface area contributed by atoms with Gasteiger partial charge in [0.25, 0.3) is 0 Å². The summed E-state index contributed by atoms with van der Waals surface area (Å²) in [6.07, 6.45) is 2.75. The summed E-state index contributed by atoms with van der Waals surface area (Å²) < 4.78 is 6.88. The summed E-state index contributed by atoms with van der Waals surface area (Å²) in [6, 6.07) is 11.3. The fourth-order valence-corrected chi connectivity index (χ4v) is 3.34. The molecule has 4 nitrogen and oxygen atoms in total. The van der Waals surface area contributed by atoms with E-state index in [1.165, 1.54) is 15.7 Å². The van der Waals surface area contributed by atoms with Gasteiger partial charge < -0.3 is 4.74 Å². The van der Waals surface area contributed by atoms with Gasteiger partial charge in [-0.25, -0.2) is 14.3 Å². The van der Waals surface area contributed by atoms with E-state index in [0.717, 1.165) is 11.1 Å². The molecule has 140 valence electrons. The second-order valence-corrected chi connectivity index (χ2v) is 7.28. The van der Waals surface area contributed by atoms with E-state index in [4.69, 9.17) is 27.9 Å². The smallest absolute Gasteiger partial charge is 0.419 e. The number of halogens is 2. The Labute approximate surface area is 168 Å². The SMILES string of the molecule is Cc1cccc([C@H](C)c2nccn2C(=O)OCc2ccc(Cl)c(Cl)c2)c1C. The number of ether oxygens (including phenoxy) is 1. The maximum atomic E-state index is 12.6. The van der Waals surface area contributed by atoms with E-state index in [1.807, 2.05) is 13.0 Å². The van der Waals surface area contributed by atoms with Crippen molar-refractivity contribution in [1.82, 2.24) is 9.55 Å². The average Bonchev–Trinajstić information content (AvgIpc) is 3.14. The maximum absolute atomic E-state index is 12.6. The van der Waals surface area contributed by atoms with Gasteiger partial charge in [-0.05, 0) is 48.2 Å². The second-order valence-electron chi connectivity index (χ2n) is 6.47. The zero-order chi connectivity index (χ0) is 19.6. The highest BCUT2D eigenvalue weighted by Crippen LogP contribution is 2.27. The molecule has 0 aliphatic carbocycles. The van der Waals surface area contributed by atoms with Gasteiger partial charge in [0, 0.05) is 18.3 Å². The Kier molecular flexibility index (Phi) is 5.88. The number of aryl methyl sites for hydroxylation is 1. The van der Waals surface area contributed by atoms with Crippen LogP contribution < -0.4 is 0 Å². The zero-order valence-electron chi connectivity index (χ0n) is 15.4. The summed E-state index contributed by atoms with van der Waals surface area (Å²) in [5, 5.41) is 0.892. The molecule has 0 bridgehead atoms. The first-order chi connectivity index (χ1) is 12.9. The quantitative estimate of drug-likeness (QED) is 0.525. The van der Waals surface area contributed by atoms with Crippen LogP contribution in [0.2, 0.25) is 10.0 Å². The van der Waals surface area contributed by atoms with Crippen LogP contribution in [0.25, 0.3) is 0 Å². The van der Waals surface area contributed by atoms with Crippen LogP contribution in [-0.4, -0.2) is 15.6 Å². The molecule has 1 aromatic heterocycles. The number of hydrogen-bond donors (Lipinski definition) is 0. The number of hydrogen-bond acceptors (Lipinski definition) is 3. The minimum atomic E-state index is -0.481. The van der Waals surface area contributed by atoms with E-state index < -0.39 is 6.09 Å². The summed E-state index contributed by atoms with van der Waals surface area (Å²) in [4.78, 5) is 17.0. The molecule has 0 saturated heterocycles. The summed E-state index contributed by atoms with van der Waals surface area (Å²) in [5.41, 5.74) is 4.31. The van der Waals surface area contributed by atoms with Gasteiger partial charge in [0.2, 0.25) is 0 Å². The monoisotopic (exact) mass is 402 g/mol. The number of imidazole rings is 1. The molecule has 0 N–H and O–H groups in total. The van der Waals surface area contributed by atoms with Crippen molar-refractivity contribution < 1.29 is 9.53 Å². The standard InChI is InChI=1S/C21H20Cl2N2O2/c1-13-5-4-6-17(14(13)2)15(3)20-24-9-10-25(20)21(26)27-12-16-7-8-18(22)19(23)11-16/h4-11,15H,12H2,1-3H3/t15-/m0/s1. The molecule has 0 aliphatic rings. The zero-order valence-corrected chi connectivity index (χ0v) is 16.9. The third-order valence-electron chi connectivity index (χ3n) is 4.71. The number of rotatable bonds is 4. The van der Waals surface area contributed by atoms with E-state index in [0.29, 0.717) is 15.9 Å². The van der Waals surface area contributed by atoms with Crippen molar-refractivity contribution in [3.63, 3.8) is 0 Å². The minimum absolute atomic E-state index is 0.0440. The Morgan fingerprint density at radius 2 is 1.96 bits per heavy atom. The topological polar surface area (TPSA) is 44.1 Å². The van der Waals surface area contributed by atoms with Crippen molar-refractivity contribution in [3.05, 3.63) is 86.9 Å². The lowest BCUT2D eigenvalue weighted by Gasteiger charge is -2.17. The molecule has 27 heavy (non-hydrogen) atoms. The summed E-state index contributed by atoms with van der Waals surface area (Å²) in [6.45, 7) is 6.29. The van der Waals surface area contributed by atoms with Crippen LogP contribution in [0.4, 0.5) is 4.79 Å². The van der Waals surface area contributed by atoms with Gasteiger partial charge >= 0.3 is 6.09 Å². The third-order valence-corrected chi connectivity index (χ3v) is 5.45. The highest BCUT2D eigenvalue weighted by atomic mass is 35.5. The van der Waals surface area contributed by atoms with Crippen LogP contribution in [0.3, 0.4) is 0 Å². The molecule has 0 radical (unpaired) electrons. The molecule has 0 fully saturated rings. The van der Waals surface area contributed by atoms with E-state index in [1.54, 1.807) is 30.6 Å². The summed E-state index contributed by atoms with van der Waals surface area (Å²) in [7, 11) is 0. The Bertz CT molecular complexity index is 982. The molecule has 1 heterocycles. The fraction of sp³-hybridized carbons (Fsp3) is 0.238. The largest absolute Gasteiger partial charge is 0.444 e. The molecule has 0 saturated carbocycles. The van der Waals surface area contributed by atoms with Crippen molar-refractivity contribution in [2.24, 2.45) is 0 Å². The van der Waals surface area contributed by atoms with E-state index in [2.05, 4.69) is 31.0 Å². The van der Waals surface area contributed by atoms with E-state index >= 15 is 0 Å². The molecular formula is C21H20Cl2N2O2. The van der Waals surface area contributed by atoms with Crippen LogP contribution >= 0.6 is 23.2 Å². The number of benzene rings is 2. The molecule has 3 rings (SSSR count). The molecule has 1 atom stereocenters. The summed E-state index contributed by atoms with van der Waals surface area (Å²) >= 11 is 11.9. The molecule has 0 spiro atoms. The van der Waals surface area contributed by atoms with Gasteiger partial charge in [-0.3, -0.25) is 0 Å². The number of aromatic nitrogens is 2. The predicted octanol–water partition coefficient (Wildman–Crippen LogP) is 6.14. The van der Waals surface area contributed by atoms with Gasteiger partial charge in [0.05, 0.1) is 10.0 Å². The third kappa shape index (κ3) is 4.18. The second kappa shape index (κ2) is 8.15. The maximum Gasteiger partial charge on any atom is 0.419 e. The van der Waals surface area contributed by atoms with Gasteiger partial charge in [-0.15, -0.1) is 0 Å². The minimum Gasteiger partial charge on any atom is -0.444 e. The lowest BCUT2D eigenvalue weighted by atomic mass is 9.93. The molecular weight excluding hydrogens is 383 g/mol. The lowest BCUT2D eigenvalue weighted by molar-refractivity contribution is 0.140. The Morgan fingerprint density at radius 1 is 1.19 bits per heavy atom. The Morgan fingerprint density at radius 3 is 2.70 bits per heavy atom. The number of carbonyl (C=O) groups excluding carboxylic acids is 1. The van der Waals surface area contributed by atoms with Crippen molar-refractivity contribution in [3.8, 4) is 0 Å². The molecule has 0 aliphatic heterocycles. The first-order valence-corrected chi connectivity index (χ1v) is 9.34. The van der Waals surface area contributed by atoms with Gasteiger partial charge in [0.1, 0.15) is 12.4 Å². The highest BCUT2D eigenvalue weighted by molar-refractivity contribution is 6.42. The normalized spacial score (nSPS) is 12.0. The van der Waals surface area contributed by atoms with Gasteiger partial charge in [-0.1, -0.05) is 54.4 Å². The highest BCUT2D eigenvalue weighted by Gasteiger charge is 2.20. The molecule has 6 heteroatoms. The van der Waals surface area contributed by atoms with E-state index in [9.17, 15) is 4.79 Å². The van der Waals surface area contributed by atoms with E-state index in [-0.39, 0.29) is 12.5 Å². The molecule has 0 amide bonds. The van der Waals surface area contributed by atoms with Crippen molar-refractivity contribution in [1.29, 1.82) is 0 Å². The fourth-order valence-electron chi connectivity index (χ4n) is 3.02. The van der Waals surface area contributed by atoms with Gasteiger partial charge in [-0.2, -0.15) is 0 Å². The lowest BCUT2D eigenvalue weighted by Crippen LogP contribution is -2.18. The first kappa shape index (κ1) is 19.5. The van der Waals surface area contributed by atoms with Crippen molar-refractivity contribution in [2.75, 3.05) is 0 Å². The van der Waals surface area contributed by atoms with Gasteiger partial charge in [0.15, 0.2) is 0 Å². The van der Waals surface area contributed by atoms with Crippen molar-refractivity contribution in [2.45, 2.75) is 33.3 Å². The van der Waals surface area contributed by atoms with Crippen LogP contribution in [0.15, 0.2) is 48.8 Å². The number of carbonyl (C=O) groups is 1. The van der Waals surface area contributed by atoms with Crippen LogP contribution in [0.1, 0.15) is 40.9 Å². The molecule has 3 aromatic rings. The van der Waals surface area contributed by atoms with Crippen molar-refractivity contribution >= 4 is 29.3 Å². The molecule has 0 unspecified atom stereocenters. The summed E-state index contributed by atoms with van der Waals surface area (Å²) in [5.74, 6) is 0.597. The van der Waals surface area contributed by atoms with Crippen LogP contribution in [0.5, 0.6) is 0 Å². The Balaban J connectivity index is 1.78.